The molecule has 3 rings (SSSR count). The fourth-order valence-corrected chi connectivity index (χ4v) is 3.54. The Kier molecular flexibility index (Phi) is 4.55. The highest BCUT2D eigenvalue weighted by molar-refractivity contribution is 9.10. The molecule has 2 nitrogen and oxygen atoms in total. The predicted molar refractivity (Wildman–Crippen MR) is 94.2 cm³/mol. The molecule has 1 aliphatic rings. The molecular weight excluding hydrogens is 394 g/mol. The Hall–Kier alpha value is -1.000. The van der Waals surface area contributed by atoms with Crippen LogP contribution in [0.4, 0.5) is 5.69 Å². The predicted octanol–water partition coefficient (Wildman–Crippen LogP) is 5.58. The molecule has 0 spiro atoms. The molecule has 1 aliphatic carbocycles. The summed E-state index contributed by atoms with van der Waals surface area (Å²) in [5.74, 6) is 1.54. The molecule has 21 heavy (non-hydrogen) atoms. The first-order valence-electron chi connectivity index (χ1n) is 7.01. The Bertz CT molecular complexity index is 621. The van der Waals surface area contributed by atoms with E-state index in [0.29, 0.717) is 12.0 Å². The smallest absolute Gasteiger partial charge is 0.133 e. The van der Waals surface area contributed by atoms with Gasteiger partial charge < -0.3 is 10.1 Å². The number of benzene rings is 2. The molecule has 0 aliphatic heterocycles. The van der Waals surface area contributed by atoms with Crippen LogP contribution in [-0.2, 0) is 0 Å². The minimum absolute atomic E-state index is 0.555. The van der Waals surface area contributed by atoms with Crippen LogP contribution in [0.3, 0.4) is 0 Å². The molecule has 0 amide bonds. The maximum Gasteiger partial charge on any atom is 0.133 e. The second kappa shape index (κ2) is 6.41. The zero-order valence-corrected chi connectivity index (χ0v) is 14.9. The van der Waals surface area contributed by atoms with Crippen LogP contribution < -0.4 is 10.1 Å². The fraction of sp³-hybridized carbons (Fsp3) is 0.294. The van der Waals surface area contributed by atoms with E-state index in [-0.39, 0.29) is 0 Å². The summed E-state index contributed by atoms with van der Waals surface area (Å²) in [6, 6.07) is 15.4. The van der Waals surface area contributed by atoms with Gasteiger partial charge in [0.2, 0.25) is 0 Å². The molecule has 1 N–H and O–H groups in total. The molecule has 4 heteroatoms. The lowest BCUT2D eigenvalue weighted by Gasteiger charge is -2.37. The number of hydrogen-bond donors (Lipinski definition) is 1. The molecule has 1 saturated carbocycles. The van der Waals surface area contributed by atoms with Crippen molar-refractivity contribution in [3.8, 4) is 5.75 Å². The van der Waals surface area contributed by atoms with Gasteiger partial charge in [0.05, 0.1) is 11.6 Å². The van der Waals surface area contributed by atoms with E-state index in [0.717, 1.165) is 20.4 Å². The summed E-state index contributed by atoms with van der Waals surface area (Å²) in [4.78, 5) is 0. The SMILES string of the molecule is COc1ccc(NC2CC(c3ccc(Br)cc3)C2)cc1Br. The van der Waals surface area contributed by atoms with E-state index in [2.05, 4.69) is 73.6 Å². The van der Waals surface area contributed by atoms with Crippen LogP contribution in [-0.4, -0.2) is 13.2 Å². The van der Waals surface area contributed by atoms with Gasteiger partial charge in [-0.25, -0.2) is 0 Å². The molecule has 0 saturated heterocycles. The molecule has 0 atom stereocenters. The molecule has 2 aromatic carbocycles. The largest absolute Gasteiger partial charge is 0.496 e. The first-order valence-corrected chi connectivity index (χ1v) is 8.60. The van der Waals surface area contributed by atoms with Gasteiger partial charge in [0.25, 0.3) is 0 Å². The zero-order chi connectivity index (χ0) is 14.8. The second-order valence-electron chi connectivity index (χ2n) is 5.41. The molecule has 0 unspecified atom stereocenters. The van der Waals surface area contributed by atoms with Crippen molar-refractivity contribution in [2.24, 2.45) is 0 Å². The third kappa shape index (κ3) is 3.43. The van der Waals surface area contributed by atoms with Gasteiger partial charge in [-0.3, -0.25) is 0 Å². The lowest BCUT2D eigenvalue weighted by molar-refractivity contribution is 0.374. The van der Waals surface area contributed by atoms with Crippen molar-refractivity contribution < 1.29 is 4.74 Å². The number of rotatable bonds is 4. The number of ether oxygens (including phenoxy) is 1. The molecule has 1 fully saturated rings. The van der Waals surface area contributed by atoms with E-state index in [4.69, 9.17) is 4.74 Å². The van der Waals surface area contributed by atoms with Crippen molar-refractivity contribution in [2.45, 2.75) is 24.8 Å². The molecule has 0 radical (unpaired) electrons. The Labute approximate surface area is 142 Å². The van der Waals surface area contributed by atoms with Gasteiger partial charge in [-0.2, -0.15) is 0 Å². The van der Waals surface area contributed by atoms with Crippen molar-refractivity contribution in [3.63, 3.8) is 0 Å². The Morgan fingerprint density at radius 1 is 1.05 bits per heavy atom. The summed E-state index contributed by atoms with van der Waals surface area (Å²) in [5, 5.41) is 3.59. The fourth-order valence-electron chi connectivity index (χ4n) is 2.73. The number of anilines is 1. The van der Waals surface area contributed by atoms with E-state index in [1.807, 2.05) is 6.07 Å². The van der Waals surface area contributed by atoms with E-state index >= 15 is 0 Å². The monoisotopic (exact) mass is 409 g/mol. The van der Waals surface area contributed by atoms with Gasteiger partial charge in [-0.05, 0) is 70.6 Å². The lowest BCUT2D eigenvalue weighted by Crippen LogP contribution is -2.33. The third-order valence-corrected chi connectivity index (χ3v) is 5.15. The number of nitrogens with one attached hydrogen (secondary N) is 1. The topological polar surface area (TPSA) is 21.3 Å². The first-order chi connectivity index (χ1) is 10.2. The highest BCUT2D eigenvalue weighted by Gasteiger charge is 2.30. The minimum atomic E-state index is 0.555. The van der Waals surface area contributed by atoms with Gasteiger partial charge in [0.1, 0.15) is 5.75 Å². The van der Waals surface area contributed by atoms with E-state index in [9.17, 15) is 0 Å². The van der Waals surface area contributed by atoms with Gasteiger partial charge in [-0.1, -0.05) is 28.1 Å². The average Bonchev–Trinajstić information content (AvgIpc) is 2.44. The normalized spacial score (nSPS) is 20.7. The van der Waals surface area contributed by atoms with E-state index < -0.39 is 0 Å². The lowest BCUT2D eigenvalue weighted by atomic mass is 9.76. The highest BCUT2D eigenvalue weighted by atomic mass is 79.9. The molecule has 0 bridgehead atoms. The zero-order valence-electron chi connectivity index (χ0n) is 11.8. The van der Waals surface area contributed by atoms with Crippen LogP contribution in [0.1, 0.15) is 24.3 Å². The van der Waals surface area contributed by atoms with E-state index in [1.165, 1.54) is 18.4 Å². The van der Waals surface area contributed by atoms with Crippen molar-refractivity contribution in [3.05, 3.63) is 57.0 Å². The minimum Gasteiger partial charge on any atom is -0.496 e. The van der Waals surface area contributed by atoms with Crippen LogP contribution in [0.2, 0.25) is 0 Å². The van der Waals surface area contributed by atoms with Gasteiger partial charge in [-0.15, -0.1) is 0 Å². The summed E-state index contributed by atoms with van der Waals surface area (Å²) in [7, 11) is 1.68. The van der Waals surface area contributed by atoms with Crippen LogP contribution in [0.25, 0.3) is 0 Å². The summed E-state index contributed by atoms with van der Waals surface area (Å²) in [6.07, 6.45) is 2.37. The van der Waals surface area contributed by atoms with Crippen molar-refractivity contribution in [2.75, 3.05) is 12.4 Å². The molecular formula is C17H17Br2NO. The number of methoxy groups -OCH3 is 1. The number of halogens is 2. The molecule has 0 aromatic heterocycles. The summed E-state index contributed by atoms with van der Waals surface area (Å²) in [5.41, 5.74) is 2.58. The maximum absolute atomic E-state index is 5.25. The van der Waals surface area contributed by atoms with Gasteiger partial charge in [0.15, 0.2) is 0 Å². The van der Waals surface area contributed by atoms with Crippen molar-refractivity contribution in [1.29, 1.82) is 0 Å². The van der Waals surface area contributed by atoms with Crippen LogP contribution in [0, 0.1) is 0 Å². The summed E-state index contributed by atoms with van der Waals surface area (Å²) < 4.78 is 7.38. The molecule has 110 valence electrons. The molecule has 0 heterocycles. The van der Waals surface area contributed by atoms with Crippen molar-refractivity contribution >= 4 is 37.5 Å². The Morgan fingerprint density at radius 2 is 1.76 bits per heavy atom. The van der Waals surface area contributed by atoms with Gasteiger partial charge >= 0.3 is 0 Å². The quantitative estimate of drug-likeness (QED) is 0.710. The standard InChI is InChI=1S/C17H17Br2NO/c1-21-17-7-6-14(10-16(17)19)20-15-8-12(9-15)11-2-4-13(18)5-3-11/h2-7,10,12,15,20H,8-9H2,1H3. The van der Waals surface area contributed by atoms with E-state index in [1.54, 1.807) is 7.11 Å². The summed E-state index contributed by atoms with van der Waals surface area (Å²) >= 11 is 7.01. The van der Waals surface area contributed by atoms with Crippen molar-refractivity contribution in [1.82, 2.24) is 0 Å². The average molecular weight is 411 g/mol. The molecule has 2 aromatic rings. The number of hydrogen-bond acceptors (Lipinski definition) is 2. The van der Waals surface area contributed by atoms with Gasteiger partial charge in [0, 0.05) is 16.2 Å². The highest BCUT2D eigenvalue weighted by Crippen LogP contribution is 2.39. The summed E-state index contributed by atoms with van der Waals surface area (Å²) in [6.45, 7) is 0. The van der Waals surface area contributed by atoms with Crippen LogP contribution in [0.15, 0.2) is 51.4 Å². The Balaban J connectivity index is 1.57. The third-order valence-electron chi connectivity index (χ3n) is 4.00. The second-order valence-corrected chi connectivity index (χ2v) is 7.18. The maximum atomic E-state index is 5.25. The van der Waals surface area contributed by atoms with Crippen LogP contribution in [0.5, 0.6) is 5.75 Å². The first kappa shape index (κ1) is 14.9. The van der Waals surface area contributed by atoms with Crippen LogP contribution >= 0.6 is 31.9 Å². The Morgan fingerprint density at radius 3 is 2.38 bits per heavy atom.